The molecule has 0 spiro atoms. The first-order chi connectivity index (χ1) is 28.9. The topological polar surface area (TPSA) is 36.2 Å². The highest BCUT2D eigenvalue weighted by molar-refractivity contribution is 6.12. The van der Waals surface area contributed by atoms with E-state index in [0.29, 0.717) is 5.71 Å². The highest BCUT2D eigenvalue weighted by Gasteiger charge is 2.39. The first-order valence-corrected chi connectivity index (χ1v) is 20.3. The maximum absolute atomic E-state index is 9.22. The molecule has 1 N–H and O–H groups in total. The summed E-state index contributed by atoms with van der Waals surface area (Å²) in [6.07, 6.45) is 3.88. The van der Waals surface area contributed by atoms with Gasteiger partial charge in [-0.25, -0.2) is 0 Å². The van der Waals surface area contributed by atoms with Crippen molar-refractivity contribution in [3.63, 3.8) is 0 Å². The molecule has 0 aliphatic heterocycles. The van der Waals surface area contributed by atoms with Crippen molar-refractivity contribution in [3.05, 3.63) is 234 Å². The molecule has 0 fully saturated rings. The predicted molar refractivity (Wildman–Crippen MR) is 251 cm³/mol. The molecule has 0 bridgehead atoms. The predicted octanol–water partition coefficient (Wildman–Crippen LogP) is 14.8. The van der Waals surface area contributed by atoms with Crippen LogP contribution in [0, 0.1) is 5.41 Å². The van der Waals surface area contributed by atoms with Gasteiger partial charge in [0.1, 0.15) is 0 Å². The number of nitrogens with zero attached hydrogens (tertiary/aromatic N) is 1. The average Bonchev–Trinajstić information content (AvgIpc) is 3.54. The molecule has 59 heavy (non-hydrogen) atoms. The fraction of sp³-hybridized carbons (Fsp3) is 0.0526. The Morgan fingerprint density at radius 3 is 1.66 bits per heavy atom. The van der Waals surface area contributed by atoms with E-state index in [4.69, 9.17) is 4.99 Å². The molecular formula is C57H42N2. The number of aliphatic imine (C=N–C) groups is 1. The van der Waals surface area contributed by atoms with Gasteiger partial charge < -0.3 is 5.41 Å². The summed E-state index contributed by atoms with van der Waals surface area (Å²) in [6.45, 7) is 4.77. The lowest BCUT2D eigenvalue weighted by molar-refractivity contribution is 0.668. The first kappa shape index (κ1) is 36.0. The number of allylic oxidation sites excluding steroid dienone is 1. The summed E-state index contributed by atoms with van der Waals surface area (Å²) in [5.74, 6) is 0. The van der Waals surface area contributed by atoms with Crippen LogP contribution < -0.4 is 0 Å². The van der Waals surface area contributed by atoms with Gasteiger partial charge in [0.2, 0.25) is 0 Å². The second-order valence-electron chi connectivity index (χ2n) is 15.9. The standard InChI is InChI=1S/C57H42N2/c1-57(2)55-47-25-13-12-21-40(47)29-32-52(55)51-28-16-27-50(56(51)57)49-31-30-42(46-24-14-15-26-48(46)49)37-59-54(36-53(58)41-22-10-5-11-23-41)45-34-43(38-17-6-3-7-18-38)33-44(35-45)39-19-8-4-9-20-39/h3-37,58H,1-2H3/b54-36-,58-53?,59-37?. The van der Waals surface area contributed by atoms with Gasteiger partial charge in [0.25, 0.3) is 0 Å². The molecular weight excluding hydrogens is 713 g/mol. The number of hydrogen-bond donors (Lipinski definition) is 1. The van der Waals surface area contributed by atoms with Crippen molar-refractivity contribution in [1.82, 2.24) is 0 Å². The highest BCUT2D eigenvalue weighted by Crippen LogP contribution is 2.54. The maximum atomic E-state index is 9.22. The fourth-order valence-corrected chi connectivity index (χ4v) is 9.18. The number of nitrogens with one attached hydrogen (secondary N) is 1. The zero-order valence-electron chi connectivity index (χ0n) is 33.2. The Balaban J connectivity index is 1.11. The van der Waals surface area contributed by atoms with Crippen LogP contribution in [0.1, 0.15) is 41.7 Å². The Labute approximate surface area is 346 Å². The Morgan fingerprint density at radius 1 is 0.441 bits per heavy atom. The Bertz CT molecular complexity index is 3060. The van der Waals surface area contributed by atoms with E-state index in [1.165, 1.54) is 49.5 Å². The van der Waals surface area contributed by atoms with Crippen molar-refractivity contribution >= 4 is 39.2 Å². The molecule has 10 rings (SSSR count). The summed E-state index contributed by atoms with van der Waals surface area (Å²) >= 11 is 0. The van der Waals surface area contributed by atoms with E-state index < -0.39 is 0 Å². The van der Waals surface area contributed by atoms with Crippen LogP contribution in [0.3, 0.4) is 0 Å². The third-order valence-electron chi connectivity index (χ3n) is 11.9. The van der Waals surface area contributed by atoms with E-state index in [9.17, 15) is 5.41 Å². The minimum atomic E-state index is -0.195. The van der Waals surface area contributed by atoms with Crippen LogP contribution in [0.25, 0.3) is 71.7 Å². The Morgan fingerprint density at radius 2 is 0.983 bits per heavy atom. The van der Waals surface area contributed by atoms with E-state index >= 15 is 0 Å². The third-order valence-corrected chi connectivity index (χ3v) is 11.9. The summed E-state index contributed by atoms with van der Waals surface area (Å²) in [6, 6.07) is 70.8. The van der Waals surface area contributed by atoms with E-state index in [1.54, 1.807) is 0 Å². The second kappa shape index (κ2) is 14.8. The first-order valence-electron chi connectivity index (χ1n) is 20.3. The zero-order valence-corrected chi connectivity index (χ0v) is 33.2. The molecule has 0 radical (unpaired) electrons. The number of benzene rings is 9. The molecule has 2 nitrogen and oxygen atoms in total. The maximum Gasteiger partial charge on any atom is 0.0724 e. The van der Waals surface area contributed by atoms with Crippen LogP contribution in [-0.2, 0) is 5.41 Å². The van der Waals surface area contributed by atoms with Crippen molar-refractivity contribution < 1.29 is 0 Å². The molecule has 0 amide bonds. The van der Waals surface area contributed by atoms with Crippen molar-refractivity contribution in [2.24, 2.45) is 4.99 Å². The molecule has 0 unspecified atom stereocenters. The molecule has 1 aliphatic carbocycles. The average molecular weight is 755 g/mol. The molecule has 9 aromatic carbocycles. The van der Waals surface area contributed by atoms with Crippen molar-refractivity contribution in [2.45, 2.75) is 19.3 Å². The molecule has 280 valence electrons. The Hall–Kier alpha value is -7.42. The van der Waals surface area contributed by atoms with Crippen LogP contribution in [-0.4, -0.2) is 11.9 Å². The highest BCUT2D eigenvalue weighted by atomic mass is 14.7. The van der Waals surface area contributed by atoms with Gasteiger partial charge in [-0.1, -0.05) is 196 Å². The zero-order chi connectivity index (χ0) is 39.9. The summed E-state index contributed by atoms with van der Waals surface area (Å²) in [5, 5.41) is 14.1. The van der Waals surface area contributed by atoms with E-state index in [1.807, 2.05) is 54.8 Å². The smallest absolute Gasteiger partial charge is 0.0724 e. The van der Waals surface area contributed by atoms with E-state index in [2.05, 4.69) is 172 Å². The Kier molecular flexibility index (Phi) is 9.03. The summed E-state index contributed by atoms with van der Waals surface area (Å²) in [4.78, 5) is 5.28. The quantitative estimate of drug-likeness (QED) is 0.150. The molecule has 0 heterocycles. The van der Waals surface area contributed by atoms with Gasteiger partial charge in [-0.15, -0.1) is 0 Å². The second-order valence-corrected chi connectivity index (χ2v) is 15.9. The monoisotopic (exact) mass is 754 g/mol. The van der Waals surface area contributed by atoms with Crippen molar-refractivity contribution in [3.8, 4) is 44.5 Å². The molecule has 0 aromatic heterocycles. The number of rotatable bonds is 8. The molecule has 1 aliphatic rings. The molecule has 0 saturated carbocycles. The van der Waals surface area contributed by atoms with Crippen molar-refractivity contribution in [2.75, 3.05) is 0 Å². The van der Waals surface area contributed by atoms with Crippen LogP contribution in [0.15, 0.2) is 211 Å². The SMILES string of the molecule is CC1(C)c2c(cccc2-c2ccc(C=N/C(=C\C(=N)c3ccccc3)c3cc(-c4ccccc4)cc(-c4ccccc4)c3)c3ccccc23)-c2ccc3ccccc3c21. The number of hydrogen-bond acceptors (Lipinski definition) is 2. The van der Waals surface area contributed by atoms with Crippen LogP contribution in [0.2, 0.25) is 0 Å². The lowest BCUT2D eigenvalue weighted by Crippen LogP contribution is -2.17. The normalized spacial score (nSPS) is 13.2. The molecule has 0 saturated heterocycles. The minimum Gasteiger partial charge on any atom is -0.300 e. The van der Waals surface area contributed by atoms with Crippen molar-refractivity contribution in [1.29, 1.82) is 5.41 Å². The third kappa shape index (κ3) is 6.49. The van der Waals surface area contributed by atoms with E-state index in [-0.39, 0.29) is 5.41 Å². The summed E-state index contributed by atoms with van der Waals surface area (Å²) in [5.41, 5.74) is 16.0. The molecule has 0 atom stereocenters. The van der Waals surface area contributed by atoms with Gasteiger partial charge in [-0.2, -0.15) is 0 Å². The van der Waals surface area contributed by atoms with Crippen LogP contribution >= 0.6 is 0 Å². The van der Waals surface area contributed by atoms with Gasteiger partial charge in [-0.05, 0) is 107 Å². The lowest BCUT2D eigenvalue weighted by atomic mass is 9.77. The minimum absolute atomic E-state index is 0.195. The summed E-state index contributed by atoms with van der Waals surface area (Å²) in [7, 11) is 0. The summed E-state index contributed by atoms with van der Waals surface area (Å²) < 4.78 is 0. The van der Waals surface area contributed by atoms with E-state index in [0.717, 1.165) is 50.0 Å². The van der Waals surface area contributed by atoms with Gasteiger partial charge in [0.05, 0.1) is 11.4 Å². The van der Waals surface area contributed by atoms with Gasteiger partial charge in [-0.3, -0.25) is 4.99 Å². The largest absolute Gasteiger partial charge is 0.300 e. The number of fused-ring (bicyclic) bond motifs is 6. The van der Waals surface area contributed by atoms with Gasteiger partial charge in [0.15, 0.2) is 0 Å². The fourth-order valence-electron chi connectivity index (χ4n) is 9.18. The van der Waals surface area contributed by atoms with Gasteiger partial charge in [0, 0.05) is 22.8 Å². The van der Waals surface area contributed by atoms with Crippen LogP contribution in [0.5, 0.6) is 0 Å². The molecule has 9 aromatic rings. The lowest BCUT2D eigenvalue weighted by Gasteiger charge is -2.26. The molecule has 2 heteroatoms. The van der Waals surface area contributed by atoms with Crippen LogP contribution in [0.4, 0.5) is 0 Å². The van der Waals surface area contributed by atoms with Gasteiger partial charge >= 0.3 is 0 Å².